The number of hydrogen-bond donors (Lipinski definition) is 1. The van der Waals surface area contributed by atoms with Crippen LogP contribution in [0.3, 0.4) is 0 Å². The number of rotatable bonds is 1. The van der Waals surface area contributed by atoms with Crippen molar-refractivity contribution in [2.45, 2.75) is 6.42 Å². The SMILES string of the molecule is C#CCc1nc(Cl)c2nc[nH]c2n1. The zero-order valence-electron chi connectivity index (χ0n) is 6.58. The highest BCUT2D eigenvalue weighted by atomic mass is 35.5. The van der Waals surface area contributed by atoms with Crippen LogP contribution in [0.1, 0.15) is 5.82 Å². The van der Waals surface area contributed by atoms with Gasteiger partial charge >= 0.3 is 0 Å². The topological polar surface area (TPSA) is 54.5 Å². The maximum atomic E-state index is 5.84. The van der Waals surface area contributed by atoms with Gasteiger partial charge in [0.15, 0.2) is 10.8 Å². The second kappa shape index (κ2) is 3.04. The summed E-state index contributed by atoms with van der Waals surface area (Å²) in [6, 6.07) is 0. The highest BCUT2D eigenvalue weighted by Crippen LogP contribution is 2.15. The number of H-pyrrole nitrogens is 1. The zero-order valence-corrected chi connectivity index (χ0v) is 7.34. The molecule has 0 bridgehead atoms. The van der Waals surface area contributed by atoms with Gasteiger partial charge in [0, 0.05) is 0 Å². The zero-order chi connectivity index (χ0) is 9.26. The van der Waals surface area contributed by atoms with Crippen molar-refractivity contribution in [3.8, 4) is 12.3 Å². The van der Waals surface area contributed by atoms with Crippen LogP contribution in [0.4, 0.5) is 0 Å². The lowest BCUT2D eigenvalue weighted by Crippen LogP contribution is -1.94. The first kappa shape index (κ1) is 8.02. The first-order chi connectivity index (χ1) is 6.31. The minimum Gasteiger partial charge on any atom is -0.329 e. The molecule has 0 aliphatic carbocycles. The van der Waals surface area contributed by atoms with E-state index in [9.17, 15) is 0 Å². The average Bonchev–Trinajstić information content (AvgIpc) is 2.53. The number of nitrogens with zero attached hydrogens (tertiary/aromatic N) is 3. The van der Waals surface area contributed by atoms with Crippen LogP contribution in [0.25, 0.3) is 11.2 Å². The fourth-order valence-corrected chi connectivity index (χ4v) is 1.25. The van der Waals surface area contributed by atoms with Gasteiger partial charge in [-0.25, -0.2) is 15.0 Å². The fourth-order valence-electron chi connectivity index (χ4n) is 1.01. The molecule has 0 atom stereocenters. The van der Waals surface area contributed by atoms with Crippen LogP contribution in [-0.4, -0.2) is 19.9 Å². The van der Waals surface area contributed by atoms with E-state index in [1.165, 1.54) is 6.33 Å². The monoisotopic (exact) mass is 192 g/mol. The smallest absolute Gasteiger partial charge is 0.162 e. The molecule has 0 amide bonds. The molecule has 13 heavy (non-hydrogen) atoms. The minimum atomic E-state index is 0.330. The Hall–Kier alpha value is -1.60. The average molecular weight is 193 g/mol. The number of nitrogens with one attached hydrogen (secondary N) is 1. The van der Waals surface area contributed by atoms with Crippen LogP contribution in [0, 0.1) is 12.3 Å². The Morgan fingerprint density at radius 3 is 3.15 bits per heavy atom. The Morgan fingerprint density at radius 2 is 2.38 bits per heavy atom. The highest BCUT2D eigenvalue weighted by molar-refractivity contribution is 6.33. The molecule has 1 N–H and O–H groups in total. The lowest BCUT2D eigenvalue weighted by Gasteiger charge is -1.95. The molecule has 0 spiro atoms. The molecule has 0 aromatic carbocycles. The summed E-state index contributed by atoms with van der Waals surface area (Å²) in [6.07, 6.45) is 7.02. The van der Waals surface area contributed by atoms with E-state index in [2.05, 4.69) is 25.9 Å². The van der Waals surface area contributed by atoms with Crippen molar-refractivity contribution < 1.29 is 0 Å². The number of imidazole rings is 1. The van der Waals surface area contributed by atoms with Crippen LogP contribution in [-0.2, 0) is 6.42 Å². The van der Waals surface area contributed by atoms with E-state index in [0.717, 1.165) is 0 Å². The molecule has 0 unspecified atom stereocenters. The fraction of sp³-hybridized carbons (Fsp3) is 0.125. The normalized spacial score (nSPS) is 10.2. The maximum Gasteiger partial charge on any atom is 0.162 e. The lowest BCUT2D eigenvalue weighted by molar-refractivity contribution is 1.03. The van der Waals surface area contributed by atoms with E-state index in [1.807, 2.05) is 0 Å². The summed E-state index contributed by atoms with van der Waals surface area (Å²) >= 11 is 5.84. The third-order valence-corrected chi connectivity index (χ3v) is 1.81. The van der Waals surface area contributed by atoms with Gasteiger partial charge in [-0.05, 0) is 0 Å². The Bertz CT molecular complexity index is 482. The van der Waals surface area contributed by atoms with Gasteiger partial charge in [-0.2, -0.15) is 0 Å². The van der Waals surface area contributed by atoms with Crippen molar-refractivity contribution in [3.63, 3.8) is 0 Å². The molecule has 4 nitrogen and oxygen atoms in total. The van der Waals surface area contributed by atoms with Gasteiger partial charge < -0.3 is 4.98 Å². The van der Waals surface area contributed by atoms with Crippen LogP contribution in [0.2, 0.25) is 5.15 Å². The molecule has 5 heteroatoms. The summed E-state index contributed by atoms with van der Waals surface area (Å²) in [6.45, 7) is 0. The van der Waals surface area contributed by atoms with Crippen LogP contribution < -0.4 is 0 Å². The summed E-state index contributed by atoms with van der Waals surface area (Å²) in [5, 5.41) is 0.330. The summed E-state index contributed by atoms with van der Waals surface area (Å²) in [5.74, 6) is 2.98. The van der Waals surface area contributed by atoms with Crippen molar-refractivity contribution in [1.82, 2.24) is 19.9 Å². The molecular formula is C8H5ClN4. The molecule has 2 aromatic rings. The van der Waals surface area contributed by atoms with E-state index >= 15 is 0 Å². The molecule has 2 aromatic heterocycles. The van der Waals surface area contributed by atoms with Gasteiger partial charge in [-0.3, -0.25) is 0 Å². The van der Waals surface area contributed by atoms with E-state index in [0.29, 0.717) is 28.6 Å². The Kier molecular flexibility index (Phi) is 1.87. The van der Waals surface area contributed by atoms with Crippen molar-refractivity contribution in [1.29, 1.82) is 0 Å². The van der Waals surface area contributed by atoms with Crippen molar-refractivity contribution in [3.05, 3.63) is 17.3 Å². The number of aromatic nitrogens is 4. The maximum absolute atomic E-state index is 5.84. The van der Waals surface area contributed by atoms with E-state index in [1.54, 1.807) is 0 Å². The molecule has 0 radical (unpaired) electrons. The molecule has 0 saturated heterocycles. The Labute approximate surface area is 79.4 Å². The van der Waals surface area contributed by atoms with Crippen LogP contribution in [0.15, 0.2) is 6.33 Å². The number of aromatic amines is 1. The van der Waals surface area contributed by atoms with E-state index in [-0.39, 0.29) is 0 Å². The van der Waals surface area contributed by atoms with Gasteiger partial charge in [0.05, 0.1) is 12.7 Å². The summed E-state index contributed by atoms with van der Waals surface area (Å²) in [7, 11) is 0. The number of fused-ring (bicyclic) bond motifs is 1. The molecular weight excluding hydrogens is 188 g/mol. The van der Waals surface area contributed by atoms with Gasteiger partial charge in [0.2, 0.25) is 0 Å². The summed E-state index contributed by atoms with van der Waals surface area (Å²) < 4.78 is 0. The molecule has 0 saturated carbocycles. The first-order valence-corrected chi connectivity index (χ1v) is 3.98. The first-order valence-electron chi connectivity index (χ1n) is 3.60. The third-order valence-electron chi connectivity index (χ3n) is 1.54. The quantitative estimate of drug-likeness (QED) is 0.545. The van der Waals surface area contributed by atoms with Gasteiger partial charge in [-0.1, -0.05) is 17.5 Å². The molecule has 0 aliphatic heterocycles. The molecule has 2 heterocycles. The van der Waals surface area contributed by atoms with Crippen LogP contribution in [0.5, 0.6) is 0 Å². The molecule has 0 fully saturated rings. The second-order valence-corrected chi connectivity index (χ2v) is 2.77. The van der Waals surface area contributed by atoms with Gasteiger partial charge in [-0.15, -0.1) is 6.42 Å². The lowest BCUT2D eigenvalue weighted by atomic mass is 10.4. The Morgan fingerprint density at radius 1 is 1.54 bits per heavy atom. The minimum absolute atomic E-state index is 0.330. The highest BCUT2D eigenvalue weighted by Gasteiger charge is 2.06. The molecule has 2 rings (SSSR count). The summed E-state index contributed by atoms with van der Waals surface area (Å²) in [4.78, 5) is 14.9. The molecule has 0 aliphatic rings. The standard InChI is InChI=1S/C8H5ClN4/c1-2-3-5-12-7(9)6-8(13-5)11-4-10-6/h1,4H,3H2,(H,10,11,12,13). The predicted octanol–water partition coefficient (Wildman–Crippen LogP) is 1.18. The van der Waals surface area contributed by atoms with Gasteiger partial charge in [0.25, 0.3) is 0 Å². The van der Waals surface area contributed by atoms with Gasteiger partial charge in [0.1, 0.15) is 11.3 Å². The largest absolute Gasteiger partial charge is 0.329 e. The third kappa shape index (κ3) is 1.34. The number of hydrogen-bond acceptors (Lipinski definition) is 3. The number of terminal acetylenes is 1. The Balaban J connectivity index is 2.64. The van der Waals surface area contributed by atoms with E-state index in [4.69, 9.17) is 18.0 Å². The summed E-state index contributed by atoms with van der Waals surface area (Å²) in [5.41, 5.74) is 1.19. The molecule has 64 valence electrons. The van der Waals surface area contributed by atoms with Crippen molar-refractivity contribution >= 4 is 22.8 Å². The van der Waals surface area contributed by atoms with Crippen LogP contribution >= 0.6 is 11.6 Å². The van der Waals surface area contributed by atoms with E-state index < -0.39 is 0 Å². The second-order valence-electron chi connectivity index (χ2n) is 2.41. The number of halogens is 1. The van der Waals surface area contributed by atoms with Crippen molar-refractivity contribution in [2.24, 2.45) is 0 Å². The predicted molar refractivity (Wildman–Crippen MR) is 49.2 cm³/mol. The van der Waals surface area contributed by atoms with Crippen molar-refractivity contribution in [2.75, 3.05) is 0 Å².